The highest BCUT2D eigenvalue weighted by Crippen LogP contribution is 2.34. The Balaban J connectivity index is 1.92. The van der Waals surface area contributed by atoms with Crippen LogP contribution in [0.25, 0.3) is 11.0 Å². The van der Waals surface area contributed by atoms with E-state index in [4.69, 9.17) is 16.7 Å². The molecule has 106 valence electrons. The molecule has 0 unspecified atom stereocenters. The second-order valence-corrected chi connectivity index (χ2v) is 5.96. The van der Waals surface area contributed by atoms with E-state index in [2.05, 4.69) is 30.5 Å². The Morgan fingerprint density at radius 3 is 2.75 bits per heavy atom. The van der Waals surface area contributed by atoms with Crippen LogP contribution in [0.4, 0.5) is 4.79 Å². The number of carboxylic acid groups (broad SMARTS) is 1. The lowest BCUT2D eigenvalue weighted by molar-refractivity contribution is 0.126. The van der Waals surface area contributed by atoms with Gasteiger partial charge < -0.3 is 14.6 Å². The van der Waals surface area contributed by atoms with Crippen LogP contribution in [0.2, 0.25) is 5.15 Å². The van der Waals surface area contributed by atoms with Gasteiger partial charge in [0, 0.05) is 29.8 Å². The lowest BCUT2D eigenvalue weighted by Crippen LogP contribution is -2.38. The van der Waals surface area contributed by atoms with Crippen molar-refractivity contribution in [3.63, 3.8) is 0 Å². The number of fused-ring (bicyclic) bond motifs is 1. The van der Waals surface area contributed by atoms with Gasteiger partial charge in [0.05, 0.1) is 5.39 Å². The van der Waals surface area contributed by atoms with Crippen molar-refractivity contribution < 1.29 is 9.90 Å². The van der Waals surface area contributed by atoms with Gasteiger partial charge in [-0.25, -0.2) is 14.8 Å². The number of hydrogen-bond acceptors (Lipinski definition) is 3. The highest BCUT2D eigenvalue weighted by molar-refractivity contribution is 9.10. The lowest BCUT2D eigenvalue weighted by Gasteiger charge is -2.31. The number of rotatable bonds is 1. The zero-order valence-corrected chi connectivity index (χ0v) is 12.8. The van der Waals surface area contributed by atoms with E-state index >= 15 is 0 Å². The molecule has 0 bridgehead atoms. The van der Waals surface area contributed by atoms with E-state index in [1.807, 2.05) is 6.20 Å². The molecule has 8 heteroatoms. The van der Waals surface area contributed by atoms with Crippen molar-refractivity contribution >= 4 is 44.7 Å². The van der Waals surface area contributed by atoms with Crippen LogP contribution in [0.5, 0.6) is 0 Å². The van der Waals surface area contributed by atoms with Crippen molar-refractivity contribution in [1.82, 2.24) is 19.4 Å². The Morgan fingerprint density at radius 1 is 1.40 bits per heavy atom. The molecule has 3 heterocycles. The molecule has 1 aliphatic rings. The summed E-state index contributed by atoms with van der Waals surface area (Å²) in [5, 5.41) is 10.2. The average molecular weight is 360 g/mol. The van der Waals surface area contributed by atoms with Gasteiger partial charge in [0.25, 0.3) is 0 Å². The summed E-state index contributed by atoms with van der Waals surface area (Å²) in [7, 11) is 0. The van der Waals surface area contributed by atoms with Gasteiger partial charge in [-0.3, -0.25) is 0 Å². The number of halogens is 2. The molecular weight excluding hydrogens is 348 g/mol. The standard InChI is InChI=1S/C12H12BrClN4O2/c13-8-5-18(11-9(8)10(14)15-6-16-11)7-1-3-17(4-2-7)12(19)20/h5-7H,1-4H2,(H,19,20). The zero-order chi connectivity index (χ0) is 14.3. The van der Waals surface area contributed by atoms with Gasteiger partial charge >= 0.3 is 6.09 Å². The average Bonchev–Trinajstić information content (AvgIpc) is 2.77. The highest BCUT2D eigenvalue weighted by atomic mass is 79.9. The van der Waals surface area contributed by atoms with Crippen LogP contribution in [0.1, 0.15) is 18.9 Å². The highest BCUT2D eigenvalue weighted by Gasteiger charge is 2.25. The molecule has 2 aromatic rings. The Morgan fingerprint density at radius 2 is 2.10 bits per heavy atom. The third-order valence-electron chi connectivity index (χ3n) is 3.65. The van der Waals surface area contributed by atoms with E-state index in [-0.39, 0.29) is 6.04 Å². The molecule has 1 N–H and O–H groups in total. The summed E-state index contributed by atoms with van der Waals surface area (Å²) < 4.78 is 2.92. The minimum Gasteiger partial charge on any atom is -0.465 e. The van der Waals surface area contributed by atoms with Crippen molar-refractivity contribution in [2.75, 3.05) is 13.1 Å². The lowest BCUT2D eigenvalue weighted by atomic mass is 10.1. The van der Waals surface area contributed by atoms with Crippen LogP contribution in [-0.4, -0.2) is 43.7 Å². The molecule has 3 rings (SSSR count). The van der Waals surface area contributed by atoms with E-state index in [0.717, 1.165) is 28.3 Å². The van der Waals surface area contributed by atoms with Crippen LogP contribution in [0, 0.1) is 0 Å². The molecule has 1 saturated heterocycles. The predicted octanol–water partition coefficient (Wildman–Crippen LogP) is 3.16. The number of nitrogens with zero attached hydrogens (tertiary/aromatic N) is 4. The van der Waals surface area contributed by atoms with Gasteiger partial charge in [-0.15, -0.1) is 0 Å². The maximum Gasteiger partial charge on any atom is 0.407 e. The van der Waals surface area contributed by atoms with Crippen molar-refractivity contribution in [2.45, 2.75) is 18.9 Å². The van der Waals surface area contributed by atoms with E-state index in [1.165, 1.54) is 11.2 Å². The SMILES string of the molecule is O=C(O)N1CCC(n2cc(Br)c3c(Cl)ncnc32)CC1. The van der Waals surface area contributed by atoms with E-state index in [1.54, 1.807) is 0 Å². The number of likely N-dealkylation sites (tertiary alicyclic amines) is 1. The molecule has 0 saturated carbocycles. The van der Waals surface area contributed by atoms with Gasteiger partial charge in [-0.05, 0) is 28.8 Å². The number of carbonyl (C=O) groups is 1. The Hall–Kier alpha value is -1.34. The summed E-state index contributed by atoms with van der Waals surface area (Å²) in [6, 6.07) is 0.227. The van der Waals surface area contributed by atoms with Gasteiger partial charge in [-0.2, -0.15) is 0 Å². The molecule has 1 aliphatic heterocycles. The Bertz CT molecular complexity index is 667. The largest absolute Gasteiger partial charge is 0.465 e. The molecule has 0 spiro atoms. The van der Waals surface area contributed by atoms with E-state index in [0.29, 0.717) is 18.2 Å². The first-order chi connectivity index (χ1) is 9.58. The molecule has 1 amide bonds. The number of hydrogen-bond donors (Lipinski definition) is 1. The summed E-state index contributed by atoms with van der Waals surface area (Å²) in [6.07, 6.45) is 4.08. The second-order valence-electron chi connectivity index (χ2n) is 4.75. The van der Waals surface area contributed by atoms with Crippen LogP contribution in [0.15, 0.2) is 17.0 Å². The molecule has 0 radical (unpaired) electrons. The van der Waals surface area contributed by atoms with Crippen LogP contribution >= 0.6 is 27.5 Å². The fourth-order valence-corrected chi connectivity index (χ4v) is 3.55. The summed E-state index contributed by atoms with van der Waals surface area (Å²) >= 11 is 9.58. The number of piperidine rings is 1. The number of amides is 1. The van der Waals surface area contributed by atoms with Crippen molar-refractivity contribution in [2.24, 2.45) is 0 Å². The zero-order valence-electron chi connectivity index (χ0n) is 10.5. The van der Waals surface area contributed by atoms with Crippen LogP contribution < -0.4 is 0 Å². The Kier molecular flexibility index (Phi) is 3.55. The quantitative estimate of drug-likeness (QED) is 0.794. The van der Waals surface area contributed by atoms with Gasteiger partial charge in [0.2, 0.25) is 0 Å². The monoisotopic (exact) mass is 358 g/mol. The third kappa shape index (κ3) is 2.25. The van der Waals surface area contributed by atoms with Crippen LogP contribution in [-0.2, 0) is 0 Å². The molecule has 1 fully saturated rings. The predicted molar refractivity (Wildman–Crippen MR) is 78.1 cm³/mol. The molecule has 2 aromatic heterocycles. The normalized spacial score (nSPS) is 16.8. The van der Waals surface area contributed by atoms with E-state index < -0.39 is 6.09 Å². The molecular formula is C12H12BrClN4O2. The topological polar surface area (TPSA) is 71.2 Å². The van der Waals surface area contributed by atoms with Crippen molar-refractivity contribution in [3.8, 4) is 0 Å². The Labute approximate surface area is 128 Å². The number of aromatic nitrogens is 3. The maximum absolute atomic E-state index is 10.9. The smallest absolute Gasteiger partial charge is 0.407 e. The molecule has 0 aromatic carbocycles. The summed E-state index contributed by atoms with van der Waals surface area (Å²) in [4.78, 5) is 20.7. The summed E-state index contributed by atoms with van der Waals surface area (Å²) in [5.41, 5.74) is 0.783. The molecule has 0 aliphatic carbocycles. The van der Waals surface area contributed by atoms with Gasteiger partial charge in [0.15, 0.2) is 0 Å². The summed E-state index contributed by atoms with van der Waals surface area (Å²) in [5.74, 6) is 0. The third-order valence-corrected chi connectivity index (χ3v) is 4.53. The minimum absolute atomic E-state index is 0.227. The first kappa shape index (κ1) is 13.6. The van der Waals surface area contributed by atoms with Crippen LogP contribution in [0.3, 0.4) is 0 Å². The van der Waals surface area contributed by atoms with Crippen molar-refractivity contribution in [1.29, 1.82) is 0 Å². The molecule has 20 heavy (non-hydrogen) atoms. The fourth-order valence-electron chi connectivity index (χ4n) is 2.62. The summed E-state index contributed by atoms with van der Waals surface area (Å²) in [6.45, 7) is 1.08. The van der Waals surface area contributed by atoms with Gasteiger partial charge in [-0.1, -0.05) is 11.6 Å². The first-order valence-corrected chi connectivity index (χ1v) is 7.39. The molecule has 6 nitrogen and oxygen atoms in total. The van der Waals surface area contributed by atoms with Crippen molar-refractivity contribution in [3.05, 3.63) is 22.1 Å². The fraction of sp³-hybridized carbons (Fsp3) is 0.417. The maximum atomic E-state index is 10.9. The second kappa shape index (κ2) is 5.21. The molecule has 0 atom stereocenters. The minimum atomic E-state index is -0.854. The van der Waals surface area contributed by atoms with Gasteiger partial charge in [0.1, 0.15) is 17.1 Å². The first-order valence-electron chi connectivity index (χ1n) is 6.22. The van der Waals surface area contributed by atoms with E-state index in [9.17, 15) is 4.79 Å².